The fraction of sp³-hybridized carbons (Fsp3) is 0.533. The maximum atomic E-state index is 11.9. The van der Waals surface area contributed by atoms with E-state index in [4.69, 9.17) is 0 Å². The van der Waals surface area contributed by atoms with Crippen molar-refractivity contribution in [2.45, 2.75) is 45.3 Å². The van der Waals surface area contributed by atoms with Crippen LogP contribution < -0.4 is 10.6 Å². The first-order valence-corrected chi connectivity index (χ1v) is 6.92. The predicted molar refractivity (Wildman–Crippen MR) is 70.8 cm³/mol. The molecular weight excluding hydrogens is 224 g/mol. The number of amides is 1. The van der Waals surface area contributed by atoms with Crippen LogP contribution in [0.5, 0.6) is 0 Å². The summed E-state index contributed by atoms with van der Waals surface area (Å²) in [6.45, 7) is 2.60. The molecule has 1 aliphatic carbocycles. The average Bonchev–Trinajstić information content (AvgIpc) is 3.05. The Balaban J connectivity index is 1.58. The van der Waals surface area contributed by atoms with Crippen LogP contribution in [0.1, 0.15) is 42.4 Å². The molecule has 2 N–H and O–H groups in total. The number of rotatable bonds is 3. The molecule has 2 aliphatic rings. The van der Waals surface area contributed by atoms with Crippen molar-refractivity contribution in [3.8, 4) is 0 Å². The van der Waals surface area contributed by atoms with Crippen LogP contribution in [0.3, 0.4) is 0 Å². The Bertz CT molecular complexity index is 450. The molecule has 0 radical (unpaired) electrons. The Morgan fingerprint density at radius 3 is 2.83 bits per heavy atom. The van der Waals surface area contributed by atoms with Crippen molar-refractivity contribution in [3.63, 3.8) is 0 Å². The van der Waals surface area contributed by atoms with Gasteiger partial charge in [-0.25, -0.2) is 0 Å². The highest BCUT2D eigenvalue weighted by Crippen LogP contribution is 2.24. The number of hydrogen-bond donors (Lipinski definition) is 2. The van der Waals surface area contributed by atoms with E-state index in [0.29, 0.717) is 6.54 Å². The number of nitrogens with one attached hydrogen (secondary N) is 2. The first kappa shape index (κ1) is 11.7. The van der Waals surface area contributed by atoms with Gasteiger partial charge in [0.2, 0.25) is 5.91 Å². The Hall–Kier alpha value is -1.35. The van der Waals surface area contributed by atoms with Crippen molar-refractivity contribution in [3.05, 3.63) is 34.9 Å². The maximum Gasteiger partial charge on any atom is 0.223 e. The van der Waals surface area contributed by atoms with E-state index >= 15 is 0 Å². The minimum absolute atomic E-state index is 0.242. The van der Waals surface area contributed by atoms with Gasteiger partial charge in [0.1, 0.15) is 0 Å². The van der Waals surface area contributed by atoms with Crippen molar-refractivity contribution in [2.24, 2.45) is 5.92 Å². The number of carbonyl (C=O) groups excluding carboxylic acids is 1. The van der Waals surface area contributed by atoms with Crippen molar-refractivity contribution < 1.29 is 4.79 Å². The number of hydrogen-bond acceptors (Lipinski definition) is 2. The lowest BCUT2D eigenvalue weighted by atomic mass is 10.1. The molecule has 0 atom stereocenters. The molecule has 3 heteroatoms. The van der Waals surface area contributed by atoms with Gasteiger partial charge in [0.15, 0.2) is 0 Å². The van der Waals surface area contributed by atoms with E-state index in [-0.39, 0.29) is 11.8 Å². The highest BCUT2D eigenvalue weighted by atomic mass is 16.1. The van der Waals surface area contributed by atoms with Crippen LogP contribution in [0.2, 0.25) is 0 Å². The zero-order valence-corrected chi connectivity index (χ0v) is 10.7. The monoisotopic (exact) mass is 244 g/mol. The van der Waals surface area contributed by atoms with E-state index < -0.39 is 0 Å². The Morgan fingerprint density at radius 2 is 2.00 bits per heavy atom. The molecule has 96 valence electrons. The summed E-state index contributed by atoms with van der Waals surface area (Å²) in [7, 11) is 0. The summed E-state index contributed by atoms with van der Waals surface area (Å²) in [6.07, 6.45) is 4.56. The smallest absolute Gasteiger partial charge is 0.223 e. The quantitative estimate of drug-likeness (QED) is 0.855. The van der Waals surface area contributed by atoms with E-state index in [1.807, 2.05) is 0 Å². The van der Waals surface area contributed by atoms with E-state index in [9.17, 15) is 4.79 Å². The molecule has 0 aromatic heterocycles. The Kier molecular flexibility index (Phi) is 3.33. The first-order valence-electron chi connectivity index (χ1n) is 6.92. The summed E-state index contributed by atoms with van der Waals surface area (Å²) in [6, 6.07) is 6.51. The lowest BCUT2D eigenvalue weighted by molar-refractivity contribution is -0.124. The van der Waals surface area contributed by atoms with Crippen molar-refractivity contribution >= 4 is 5.91 Å². The van der Waals surface area contributed by atoms with Gasteiger partial charge in [0, 0.05) is 25.6 Å². The van der Waals surface area contributed by atoms with E-state index in [1.54, 1.807) is 0 Å². The zero-order chi connectivity index (χ0) is 12.4. The van der Waals surface area contributed by atoms with Crippen LogP contribution in [0.25, 0.3) is 0 Å². The van der Waals surface area contributed by atoms with Crippen molar-refractivity contribution in [1.29, 1.82) is 0 Å². The van der Waals surface area contributed by atoms with Crippen molar-refractivity contribution in [2.75, 3.05) is 0 Å². The molecule has 1 saturated carbocycles. The van der Waals surface area contributed by atoms with Gasteiger partial charge in [-0.15, -0.1) is 0 Å². The lowest BCUT2D eigenvalue weighted by Gasteiger charge is -2.11. The molecule has 1 fully saturated rings. The minimum Gasteiger partial charge on any atom is -0.352 e. The third kappa shape index (κ3) is 2.41. The van der Waals surface area contributed by atoms with Crippen LogP contribution in [-0.4, -0.2) is 5.91 Å². The summed E-state index contributed by atoms with van der Waals surface area (Å²) in [5.41, 5.74) is 3.98. The largest absolute Gasteiger partial charge is 0.352 e. The third-order valence-corrected chi connectivity index (χ3v) is 4.09. The predicted octanol–water partition coefficient (Wildman–Crippen LogP) is 2.10. The molecule has 3 nitrogen and oxygen atoms in total. The molecular formula is C15H20N2O. The topological polar surface area (TPSA) is 41.1 Å². The average molecular weight is 244 g/mol. The molecule has 0 spiro atoms. The molecule has 1 aliphatic heterocycles. The van der Waals surface area contributed by atoms with Gasteiger partial charge in [-0.3, -0.25) is 4.79 Å². The van der Waals surface area contributed by atoms with Crippen LogP contribution in [0, 0.1) is 5.92 Å². The molecule has 1 heterocycles. The summed E-state index contributed by atoms with van der Waals surface area (Å²) in [5, 5.41) is 6.41. The van der Waals surface area contributed by atoms with Crippen molar-refractivity contribution in [1.82, 2.24) is 10.6 Å². The number of carbonyl (C=O) groups is 1. The molecule has 0 unspecified atom stereocenters. The zero-order valence-electron chi connectivity index (χ0n) is 10.7. The molecule has 1 aromatic carbocycles. The lowest BCUT2D eigenvalue weighted by Crippen LogP contribution is -2.28. The molecule has 1 amide bonds. The molecule has 1 aromatic rings. The number of benzene rings is 1. The minimum atomic E-state index is 0.242. The van der Waals surface area contributed by atoms with Gasteiger partial charge < -0.3 is 10.6 Å². The molecule has 0 bridgehead atoms. The van der Waals surface area contributed by atoms with Crippen LogP contribution in [0.4, 0.5) is 0 Å². The molecule has 18 heavy (non-hydrogen) atoms. The second kappa shape index (κ2) is 5.11. The SMILES string of the molecule is O=C(NCc1ccc2c(c1)CNC2)C1CCCC1. The second-order valence-electron chi connectivity index (χ2n) is 5.41. The standard InChI is InChI=1S/C15H20N2O/c18-15(12-3-1-2-4-12)17-8-11-5-6-13-9-16-10-14(13)7-11/h5-7,12,16H,1-4,8-10H2,(H,17,18). The highest BCUT2D eigenvalue weighted by molar-refractivity contribution is 5.78. The third-order valence-electron chi connectivity index (χ3n) is 4.09. The second-order valence-corrected chi connectivity index (χ2v) is 5.41. The van der Waals surface area contributed by atoms with Gasteiger partial charge >= 0.3 is 0 Å². The Morgan fingerprint density at radius 1 is 1.22 bits per heavy atom. The highest BCUT2D eigenvalue weighted by Gasteiger charge is 2.22. The van der Waals surface area contributed by atoms with E-state index in [0.717, 1.165) is 25.9 Å². The van der Waals surface area contributed by atoms with E-state index in [1.165, 1.54) is 29.5 Å². The summed E-state index contributed by atoms with van der Waals surface area (Å²) in [4.78, 5) is 11.9. The fourth-order valence-electron chi connectivity index (χ4n) is 2.98. The Labute approximate surface area is 108 Å². The van der Waals surface area contributed by atoms with Crippen LogP contribution in [-0.2, 0) is 24.4 Å². The van der Waals surface area contributed by atoms with Gasteiger partial charge in [-0.2, -0.15) is 0 Å². The number of fused-ring (bicyclic) bond motifs is 1. The van der Waals surface area contributed by atoms with Gasteiger partial charge in [0.25, 0.3) is 0 Å². The van der Waals surface area contributed by atoms with Crippen LogP contribution >= 0.6 is 0 Å². The summed E-state index contributed by atoms with van der Waals surface area (Å²) < 4.78 is 0. The van der Waals surface area contributed by atoms with Crippen LogP contribution in [0.15, 0.2) is 18.2 Å². The van der Waals surface area contributed by atoms with Gasteiger partial charge in [-0.05, 0) is 29.5 Å². The molecule has 0 saturated heterocycles. The first-order chi connectivity index (χ1) is 8.83. The van der Waals surface area contributed by atoms with E-state index in [2.05, 4.69) is 28.8 Å². The molecule has 3 rings (SSSR count). The van der Waals surface area contributed by atoms with Gasteiger partial charge in [-0.1, -0.05) is 31.0 Å². The normalized spacial score (nSPS) is 18.9. The maximum absolute atomic E-state index is 11.9. The van der Waals surface area contributed by atoms with Gasteiger partial charge in [0.05, 0.1) is 0 Å². The summed E-state index contributed by atoms with van der Waals surface area (Å²) in [5.74, 6) is 0.507. The fourth-order valence-corrected chi connectivity index (χ4v) is 2.98. The summed E-state index contributed by atoms with van der Waals surface area (Å²) >= 11 is 0.